The van der Waals surface area contributed by atoms with Crippen LogP contribution in [0.25, 0.3) is 0 Å². The Morgan fingerprint density at radius 3 is 2.70 bits per heavy atom. The first-order valence-electron chi connectivity index (χ1n) is 5.66. The third-order valence-corrected chi connectivity index (χ3v) is 2.79. The van der Waals surface area contributed by atoms with Crippen LogP contribution in [-0.2, 0) is 0 Å². The van der Waals surface area contributed by atoms with E-state index in [2.05, 4.69) is 9.72 Å². The Morgan fingerprint density at radius 1 is 1.20 bits per heavy atom. The molecular formula is C14H11ClF2NO2. The van der Waals surface area contributed by atoms with E-state index in [1.54, 1.807) is 30.9 Å². The van der Waals surface area contributed by atoms with Crippen LogP contribution in [-0.4, -0.2) is 18.7 Å². The summed E-state index contributed by atoms with van der Waals surface area (Å²) in [5.74, 6) is 0.544. The van der Waals surface area contributed by atoms with E-state index >= 15 is 0 Å². The van der Waals surface area contributed by atoms with Gasteiger partial charge in [-0.3, -0.25) is 4.98 Å². The van der Waals surface area contributed by atoms with E-state index in [-0.39, 0.29) is 10.8 Å². The van der Waals surface area contributed by atoms with Gasteiger partial charge in [-0.15, -0.1) is 0 Å². The Bertz CT molecular complexity index is 593. The lowest BCUT2D eigenvalue weighted by atomic mass is 10.1. The fourth-order valence-corrected chi connectivity index (χ4v) is 1.78. The van der Waals surface area contributed by atoms with Crippen LogP contribution in [0.3, 0.4) is 0 Å². The highest BCUT2D eigenvalue weighted by molar-refractivity contribution is 6.32. The third-order valence-electron chi connectivity index (χ3n) is 2.47. The van der Waals surface area contributed by atoms with Gasteiger partial charge in [0.15, 0.2) is 0 Å². The van der Waals surface area contributed by atoms with E-state index in [9.17, 15) is 8.78 Å². The van der Waals surface area contributed by atoms with Crippen LogP contribution in [0.2, 0.25) is 5.02 Å². The maximum Gasteiger partial charge on any atom is 0.387 e. The van der Waals surface area contributed by atoms with Crippen molar-refractivity contribution in [2.45, 2.75) is 6.61 Å². The normalized spacial score (nSPS) is 10.7. The Morgan fingerprint density at radius 2 is 2.00 bits per heavy atom. The van der Waals surface area contributed by atoms with E-state index in [4.69, 9.17) is 16.3 Å². The molecular weight excluding hydrogens is 288 g/mol. The second-order valence-corrected chi connectivity index (χ2v) is 4.28. The van der Waals surface area contributed by atoms with E-state index in [1.165, 1.54) is 19.2 Å². The number of hydrogen-bond donors (Lipinski definition) is 0. The van der Waals surface area contributed by atoms with Crippen LogP contribution in [0.4, 0.5) is 8.78 Å². The first-order chi connectivity index (χ1) is 9.58. The number of hydrogen-bond acceptors (Lipinski definition) is 3. The lowest BCUT2D eigenvalue weighted by molar-refractivity contribution is -0.0498. The second kappa shape index (κ2) is 6.52. The zero-order chi connectivity index (χ0) is 14.5. The molecule has 6 heteroatoms. The van der Waals surface area contributed by atoms with Gasteiger partial charge in [0, 0.05) is 12.6 Å². The van der Waals surface area contributed by atoms with Crippen molar-refractivity contribution in [3.05, 3.63) is 59.2 Å². The molecule has 3 nitrogen and oxygen atoms in total. The molecule has 0 bridgehead atoms. The van der Waals surface area contributed by atoms with Crippen molar-refractivity contribution in [1.82, 2.24) is 4.98 Å². The van der Waals surface area contributed by atoms with Crippen LogP contribution in [0.5, 0.6) is 11.5 Å². The molecule has 2 rings (SSSR count). The van der Waals surface area contributed by atoms with Gasteiger partial charge in [-0.1, -0.05) is 17.7 Å². The molecule has 0 unspecified atom stereocenters. The van der Waals surface area contributed by atoms with Gasteiger partial charge < -0.3 is 9.47 Å². The van der Waals surface area contributed by atoms with Crippen molar-refractivity contribution in [3.8, 4) is 11.5 Å². The minimum absolute atomic E-state index is 0.0636. The number of rotatable bonds is 5. The average molecular weight is 299 g/mol. The SMILES string of the molecule is COc1cncc([CH]c2ccc(Cl)c(OC(F)F)c2)c1. The number of aromatic nitrogens is 1. The predicted octanol–water partition coefficient (Wildman–Crippen LogP) is 3.95. The Balaban J connectivity index is 2.20. The summed E-state index contributed by atoms with van der Waals surface area (Å²) in [4.78, 5) is 4.01. The van der Waals surface area contributed by atoms with Gasteiger partial charge in [0.25, 0.3) is 0 Å². The van der Waals surface area contributed by atoms with E-state index in [1.807, 2.05) is 0 Å². The molecule has 0 amide bonds. The Labute approximate surface area is 120 Å². The molecule has 105 valence electrons. The molecule has 0 aliphatic heterocycles. The van der Waals surface area contributed by atoms with Crippen LogP contribution in [0, 0.1) is 6.42 Å². The highest BCUT2D eigenvalue weighted by atomic mass is 35.5. The number of nitrogens with zero attached hydrogens (tertiary/aromatic N) is 1. The quantitative estimate of drug-likeness (QED) is 0.837. The molecule has 0 aliphatic carbocycles. The van der Waals surface area contributed by atoms with Crippen molar-refractivity contribution < 1.29 is 18.3 Å². The van der Waals surface area contributed by atoms with E-state index in [0.29, 0.717) is 11.3 Å². The molecule has 20 heavy (non-hydrogen) atoms. The molecule has 0 spiro atoms. The number of methoxy groups -OCH3 is 1. The number of alkyl halides is 2. The summed E-state index contributed by atoms with van der Waals surface area (Å²) in [5.41, 5.74) is 1.44. The van der Waals surface area contributed by atoms with Gasteiger partial charge in [-0.25, -0.2) is 0 Å². The monoisotopic (exact) mass is 298 g/mol. The molecule has 0 atom stereocenters. The maximum absolute atomic E-state index is 12.2. The fourth-order valence-electron chi connectivity index (χ4n) is 1.61. The van der Waals surface area contributed by atoms with Gasteiger partial charge in [0.2, 0.25) is 0 Å². The highest BCUT2D eigenvalue weighted by Crippen LogP contribution is 2.28. The first-order valence-corrected chi connectivity index (χ1v) is 6.04. The van der Waals surface area contributed by atoms with Gasteiger partial charge in [0.05, 0.1) is 18.3 Å². The van der Waals surface area contributed by atoms with Crippen molar-refractivity contribution >= 4 is 11.6 Å². The lowest BCUT2D eigenvalue weighted by Crippen LogP contribution is -2.02. The highest BCUT2D eigenvalue weighted by Gasteiger charge is 2.10. The molecule has 1 radical (unpaired) electrons. The summed E-state index contributed by atoms with van der Waals surface area (Å²) >= 11 is 5.79. The molecule has 0 saturated heterocycles. The van der Waals surface area contributed by atoms with Crippen LogP contribution in [0.15, 0.2) is 36.7 Å². The van der Waals surface area contributed by atoms with Crippen LogP contribution < -0.4 is 9.47 Å². The molecule has 1 heterocycles. The first kappa shape index (κ1) is 14.5. The number of pyridine rings is 1. The second-order valence-electron chi connectivity index (χ2n) is 3.87. The zero-order valence-corrected chi connectivity index (χ0v) is 11.3. The van der Waals surface area contributed by atoms with Gasteiger partial charge in [0.1, 0.15) is 11.5 Å². The molecule has 1 aromatic heterocycles. The fraction of sp³-hybridized carbons (Fsp3) is 0.143. The molecule has 2 aromatic rings. The number of benzene rings is 1. The van der Waals surface area contributed by atoms with Crippen molar-refractivity contribution in [2.24, 2.45) is 0 Å². The summed E-state index contributed by atoms with van der Waals surface area (Å²) in [5, 5.41) is 0.131. The van der Waals surface area contributed by atoms with Crippen molar-refractivity contribution in [2.75, 3.05) is 7.11 Å². The maximum atomic E-state index is 12.2. The standard InChI is InChI=1S/C14H11ClF2NO2/c1-19-11-5-10(7-18-8-11)4-9-2-3-12(15)13(6-9)20-14(16)17/h2-8,14H,1H3. The lowest BCUT2D eigenvalue weighted by Gasteiger charge is -2.09. The average Bonchev–Trinajstić information content (AvgIpc) is 2.42. The van der Waals surface area contributed by atoms with Crippen molar-refractivity contribution in [1.29, 1.82) is 0 Å². The van der Waals surface area contributed by atoms with Crippen molar-refractivity contribution in [3.63, 3.8) is 0 Å². The molecule has 1 aromatic carbocycles. The third kappa shape index (κ3) is 3.81. The summed E-state index contributed by atoms with van der Waals surface area (Å²) < 4.78 is 33.9. The minimum atomic E-state index is -2.92. The summed E-state index contributed by atoms with van der Waals surface area (Å²) in [6, 6.07) is 6.40. The Kier molecular flexibility index (Phi) is 4.74. The number of ether oxygens (including phenoxy) is 2. The van der Waals surface area contributed by atoms with Crippen LogP contribution in [0.1, 0.15) is 11.1 Å². The summed E-state index contributed by atoms with van der Waals surface area (Å²) in [6.07, 6.45) is 4.96. The largest absolute Gasteiger partial charge is 0.495 e. The van der Waals surface area contributed by atoms with Gasteiger partial charge >= 0.3 is 6.61 Å². The zero-order valence-electron chi connectivity index (χ0n) is 10.5. The van der Waals surface area contributed by atoms with Gasteiger partial charge in [-0.2, -0.15) is 8.78 Å². The predicted molar refractivity (Wildman–Crippen MR) is 71.4 cm³/mol. The molecule has 0 fully saturated rings. The number of halogens is 3. The van der Waals surface area contributed by atoms with E-state index < -0.39 is 6.61 Å². The molecule has 0 saturated carbocycles. The van der Waals surface area contributed by atoms with E-state index in [0.717, 1.165) is 5.56 Å². The summed E-state index contributed by atoms with van der Waals surface area (Å²) in [7, 11) is 1.54. The smallest absolute Gasteiger partial charge is 0.387 e. The molecule has 0 aliphatic rings. The Hall–Kier alpha value is -1.88. The molecule has 0 N–H and O–H groups in total. The topological polar surface area (TPSA) is 31.4 Å². The minimum Gasteiger partial charge on any atom is -0.495 e. The summed E-state index contributed by atoms with van der Waals surface area (Å²) in [6.45, 7) is -2.92. The van der Waals surface area contributed by atoms with Gasteiger partial charge in [-0.05, 0) is 29.3 Å². The van der Waals surface area contributed by atoms with Crippen LogP contribution >= 0.6 is 11.6 Å².